The summed E-state index contributed by atoms with van der Waals surface area (Å²) in [7, 11) is 1.72. The Morgan fingerprint density at radius 2 is 1.77 bits per heavy atom. The smallest absolute Gasteiger partial charge is 0.222 e. The first-order valence-corrected chi connectivity index (χ1v) is 8.43. The summed E-state index contributed by atoms with van der Waals surface area (Å²) >= 11 is 0. The summed E-state index contributed by atoms with van der Waals surface area (Å²) in [5, 5.41) is 0. The highest BCUT2D eigenvalue weighted by Gasteiger charge is 2.23. The Morgan fingerprint density at radius 3 is 2.32 bits per heavy atom. The Labute approximate surface area is 134 Å². The molecule has 0 bridgehead atoms. The van der Waals surface area contributed by atoms with Crippen molar-refractivity contribution in [3.05, 3.63) is 35.4 Å². The third-order valence-electron chi connectivity index (χ3n) is 4.41. The van der Waals surface area contributed by atoms with E-state index in [2.05, 4.69) is 43.0 Å². The summed E-state index contributed by atoms with van der Waals surface area (Å²) in [6.45, 7) is 6.75. The zero-order valence-electron chi connectivity index (χ0n) is 14.2. The van der Waals surface area contributed by atoms with Crippen molar-refractivity contribution in [3.8, 4) is 0 Å². The fourth-order valence-electron chi connectivity index (χ4n) is 3.14. The van der Waals surface area contributed by atoms with Gasteiger partial charge in [-0.15, -0.1) is 0 Å². The number of ether oxygens (including phenoxy) is 1. The average molecular weight is 303 g/mol. The van der Waals surface area contributed by atoms with Gasteiger partial charge in [0.15, 0.2) is 0 Å². The Balaban J connectivity index is 1.78. The van der Waals surface area contributed by atoms with Gasteiger partial charge in [-0.1, -0.05) is 38.1 Å². The second-order valence-electron chi connectivity index (χ2n) is 6.88. The number of likely N-dealkylation sites (tertiary alicyclic amines) is 1. The Kier molecular flexibility index (Phi) is 6.44. The zero-order chi connectivity index (χ0) is 15.9. The summed E-state index contributed by atoms with van der Waals surface area (Å²) in [6.07, 6.45) is 4.07. The fraction of sp³-hybridized carbons (Fsp3) is 0.632. The maximum Gasteiger partial charge on any atom is 0.222 e. The molecule has 2 rings (SSSR count). The third-order valence-corrected chi connectivity index (χ3v) is 4.41. The number of benzene rings is 1. The lowest BCUT2D eigenvalue weighted by Crippen LogP contribution is -2.39. The van der Waals surface area contributed by atoms with E-state index in [1.54, 1.807) is 7.11 Å². The number of hydrogen-bond acceptors (Lipinski definition) is 2. The van der Waals surface area contributed by atoms with Crippen LogP contribution in [-0.4, -0.2) is 31.0 Å². The van der Waals surface area contributed by atoms with Gasteiger partial charge >= 0.3 is 0 Å². The Hall–Kier alpha value is -1.35. The first-order chi connectivity index (χ1) is 10.6. The molecular formula is C19H29NO2. The number of hydrogen-bond donors (Lipinski definition) is 0. The molecule has 1 heterocycles. The molecule has 3 nitrogen and oxygen atoms in total. The van der Waals surface area contributed by atoms with Crippen molar-refractivity contribution in [3.63, 3.8) is 0 Å². The predicted octanol–water partition coefficient (Wildman–Crippen LogP) is 3.66. The van der Waals surface area contributed by atoms with Crippen LogP contribution in [0.3, 0.4) is 0 Å². The molecule has 0 spiro atoms. The molecule has 1 fully saturated rings. The van der Waals surface area contributed by atoms with E-state index in [-0.39, 0.29) is 0 Å². The number of rotatable bonds is 6. The van der Waals surface area contributed by atoms with Crippen LogP contribution in [0, 0.1) is 11.8 Å². The average Bonchev–Trinajstić information content (AvgIpc) is 2.49. The van der Waals surface area contributed by atoms with Crippen molar-refractivity contribution in [1.29, 1.82) is 0 Å². The predicted molar refractivity (Wildman–Crippen MR) is 89.6 cm³/mol. The van der Waals surface area contributed by atoms with Crippen LogP contribution in [0.15, 0.2) is 24.3 Å². The van der Waals surface area contributed by atoms with Gasteiger partial charge < -0.3 is 9.64 Å². The second-order valence-corrected chi connectivity index (χ2v) is 6.88. The molecule has 0 saturated carbocycles. The van der Waals surface area contributed by atoms with Crippen LogP contribution in [0.2, 0.25) is 0 Å². The molecule has 1 aliphatic rings. The Bertz CT molecular complexity index is 459. The van der Waals surface area contributed by atoms with E-state index in [0.29, 0.717) is 30.8 Å². The van der Waals surface area contributed by atoms with Crippen LogP contribution in [0.4, 0.5) is 0 Å². The van der Waals surface area contributed by atoms with E-state index < -0.39 is 0 Å². The molecule has 3 heteroatoms. The van der Waals surface area contributed by atoms with E-state index in [1.165, 1.54) is 11.1 Å². The van der Waals surface area contributed by atoms with Gasteiger partial charge in [0.1, 0.15) is 0 Å². The molecule has 0 aliphatic carbocycles. The van der Waals surface area contributed by atoms with Crippen LogP contribution < -0.4 is 0 Å². The maximum absolute atomic E-state index is 12.1. The maximum atomic E-state index is 12.1. The molecule has 0 radical (unpaired) electrons. The molecule has 0 unspecified atom stereocenters. The first kappa shape index (κ1) is 17.0. The van der Waals surface area contributed by atoms with Crippen LogP contribution >= 0.6 is 0 Å². The van der Waals surface area contributed by atoms with Crippen molar-refractivity contribution >= 4 is 5.91 Å². The van der Waals surface area contributed by atoms with E-state index in [4.69, 9.17) is 4.74 Å². The summed E-state index contributed by atoms with van der Waals surface area (Å²) in [4.78, 5) is 14.1. The molecule has 0 aromatic heterocycles. The molecular weight excluding hydrogens is 274 g/mol. The van der Waals surface area contributed by atoms with Crippen LogP contribution in [-0.2, 0) is 22.6 Å². The van der Waals surface area contributed by atoms with Crippen LogP contribution in [0.25, 0.3) is 0 Å². The summed E-state index contributed by atoms with van der Waals surface area (Å²) in [5.74, 6) is 1.49. The van der Waals surface area contributed by atoms with Crippen molar-refractivity contribution in [2.24, 2.45) is 11.8 Å². The number of carbonyl (C=O) groups is 1. The van der Waals surface area contributed by atoms with Gasteiger partial charge in [-0.2, -0.15) is 0 Å². The van der Waals surface area contributed by atoms with Gasteiger partial charge in [0.25, 0.3) is 0 Å². The van der Waals surface area contributed by atoms with Crippen molar-refractivity contribution < 1.29 is 9.53 Å². The molecule has 1 amide bonds. The number of nitrogens with zero attached hydrogens (tertiary/aromatic N) is 1. The highest BCUT2D eigenvalue weighted by atomic mass is 16.5. The number of piperidine rings is 1. The van der Waals surface area contributed by atoms with E-state index in [0.717, 1.165) is 32.4 Å². The molecule has 1 saturated heterocycles. The van der Waals surface area contributed by atoms with Gasteiger partial charge in [0.2, 0.25) is 5.91 Å². The second kappa shape index (κ2) is 8.33. The van der Waals surface area contributed by atoms with Crippen molar-refractivity contribution in [2.45, 2.75) is 46.1 Å². The topological polar surface area (TPSA) is 29.5 Å². The largest absolute Gasteiger partial charge is 0.380 e. The van der Waals surface area contributed by atoms with Gasteiger partial charge in [-0.3, -0.25) is 4.79 Å². The van der Waals surface area contributed by atoms with Crippen molar-refractivity contribution in [1.82, 2.24) is 4.90 Å². The van der Waals surface area contributed by atoms with Crippen LogP contribution in [0.1, 0.15) is 44.2 Å². The molecule has 0 atom stereocenters. The minimum absolute atomic E-state index is 0.331. The van der Waals surface area contributed by atoms with E-state index in [1.807, 2.05) is 0 Å². The molecule has 1 aromatic carbocycles. The van der Waals surface area contributed by atoms with E-state index >= 15 is 0 Å². The van der Waals surface area contributed by atoms with Gasteiger partial charge in [0.05, 0.1) is 6.61 Å². The number of carbonyl (C=O) groups excluding carboxylic acids is 1. The standard InChI is InChI=1S/C19H29NO2/c1-15(2)12-19(21)20-10-8-17(9-11-20)13-16-4-6-18(7-5-16)14-22-3/h4-7,15,17H,8-14H2,1-3H3. The Morgan fingerprint density at radius 1 is 1.18 bits per heavy atom. The normalized spacial score (nSPS) is 16.3. The fourth-order valence-corrected chi connectivity index (χ4v) is 3.14. The minimum atomic E-state index is 0.331. The molecule has 1 aliphatic heterocycles. The zero-order valence-corrected chi connectivity index (χ0v) is 14.2. The number of amides is 1. The molecule has 0 N–H and O–H groups in total. The van der Waals surface area contributed by atoms with E-state index in [9.17, 15) is 4.79 Å². The highest BCUT2D eigenvalue weighted by molar-refractivity contribution is 5.76. The third kappa shape index (κ3) is 5.13. The molecule has 22 heavy (non-hydrogen) atoms. The summed E-state index contributed by atoms with van der Waals surface area (Å²) in [5.41, 5.74) is 2.62. The lowest BCUT2D eigenvalue weighted by atomic mass is 9.89. The van der Waals surface area contributed by atoms with Gasteiger partial charge in [-0.05, 0) is 42.2 Å². The van der Waals surface area contributed by atoms with Crippen molar-refractivity contribution in [2.75, 3.05) is 20.2 Å². The van der Waals surface area contributed by atoms with Crippen LogP contribution in [0.5, 0.6) is 0 Å². The van der Waals surface area contributed by atoms with Gasteiger partial charge in [0, 0.05) is 26.6 Å². The quantitative estimate of drug-likeness (QED) is 0.802. The SMILES string of the molecule is COCc1ccc(CC2CCN(C(=O)CC(C)C)CC2)cc1. The molecule has 122 valence electrons. The van der Waals surface area contributed by atoms with Gasteiger partial charge in [-0.25, -0.2) is 0 Å². The minimum Gasteiger partial charge on any atom is -0.380 e. The number of methoxy groups -OCH3 is 1. The lowest BCUT2D eigenvalue weighted by Gasteiger charge is -2.32. The molecule has 1 aromatic rings. The summed E-state index contributed by atoms with van der Waals surface area (Å²) in [6, 6.07) is 8.73. The summed E-state index contributed by atoms with van der Waals surface area (Å²) < 4.78 is 5.14. The first-order valence-electron chi connectivity index (χ1n) is 8.43. The monoisotopic (exact) mass is 303 g/mol. The highest BCUT2D eigenvalue weighted by Crippen LogP contribution is 2.23. The lowest BCUT2D eigenvalue weighted by molar-refractivity contribution is -0.133.